The van der Waals surface area contributed by atoms with Gasteiger partial charge in [-0.1, -0.05) is 11.6 Å². The lowest BCUT2D eigenvalue weighted by Crippen LogP contribution is -2.40. The third-order valence-electron chi connectivity index (χ3n) is 3.97. The molecular formula is C15H22ClN3O4. The molecule has 0 bridgehead atoms. The summed E-state index contributed by atoms with van der Waals surface area (Å²) < 4.78 is 7.11. The predicted molar refractivity (Wildman–Crippen MR) is 84.5 cm³/mol. The largest absolute Gasteiger partial charge is 0.481 e. The van der Waals surface area contributed by atoms with Gasteiger partial charge >= 0.3 is 5.97 Å². The SMILES string of the molecule is Cc1nn(CC(=O)N(CCC(=O)O)C[C@@H]2CCCO2)c(C)c1Cl. The van der Waals surface area contributed by atoms with E-state index in [9.17, 15) is 9.59 Å². The maximum atomic E-state index is 12.6. The number of carboxylic acids is 1. The molecule has 2 rings (SSSR count). The van der Waals surface area contributed by atoms with Crippen molar-refractivity contribution in [3.05, 3.63) is 16.4 Å². The van der Waals surface area contributed by atoms with Crippen molar-refractivity contribution in [2.24, 2.45) is 0 Å². The van der Waals surface area contributed by atoms with Gasteiger partial charge in [-0.05, 0) is 26.7 Å². The molecule has 1 fully saturated rings. The van der Waals surface area contributed by atoms with Gasteiger partial charge in [0.1, 0.15) is 6.54 Å². The summed E-state index contributed by atoms with van der Waals surface area (Å²) in [6.07, 6.45) is 1.76. The van der Waals surface area contributed by atoms with Gasteiger partial charge in [0.05, 0.1) is 28.9 Å². The fraction of sp³-hybridized carbons (Fsp3) is 0.667. The molecule has 1 saturated heterocycles. The van der Waals surface area contributed by atoms with Gasteiger partial charge in [-0.3, -0.25) is 14.3 Å². The van der Waals surface area contributed by atoms with Crippen LogP contribution in [0.2, 0.25) is 5.02 Å². The summed E-state index contributed by atoms with van der Waals surface area (Å²) in [5.41, 5.74) is 1.40. The number of nitrogens with zero attached hydrogens (tertiary/aromatic N) is 3. The molecule has 1 aromatic heterocycles. The zero-order valence-electron chi connectivity index (χ0n) is 13.4. The summed E-state index contributed by atoms with van der Waals surface area (Å²) in [6, 6.07) is 0. The van der Waals surface area contributed by atoms with Crippen LogP contribution < -0.4 is 0 Å². The fourth-order valence-electron chi connectivity index (χ4n) is 2.64. The molecule has 23 heavy (non-hydrogen) atoms. The van der Waals surface area contributed by atoms with E-state index in [2.05, 4.69) is 5.10 Å². The molecule has 1 aliphatic heterocycles. The first kappa shape index (κ1) is 17.7. The Balaban J connectivity index is 2.04. The topological polar surface area (TPSA) is 84.7 Å². The average molecular weight is 344 g/mol. The highest BCUT2D eigenvalue weighted by Crippen LogP contribution is 2.19. The molecule has 0 saturated carbocycles. The summed E-state index contributed by atoms with van der Waals surface area (Å²) in [5.74, 6) is -1.10. The monoisotopic (exact) mass is 343 g/mol. The third-order valence-corrected chi connectivity index (χ3v) is 4.52. The molecule has 1 N–H and O–H groups in total. The molecule has 8 heteroatoms. The van der Waals surface area contributed by atoms with Crippen LogP contribution in [0.5, 0.6) is 0 Å². The van der Waals surface area contributed by atoms with E-state index < -0.39 is 5.97 Å². The van der Waals surface area contributed by atoms with Crippen molar-refractivity contribution in [3.8, 4) is 0 Å². The summed E-state index contributed by atoms with van der Waals surface area (Å²) in [7, 11) is 0. The summed E-state index contributed by atoms with van der Waals surface area (Å²) in [4.78, 5) is 24.9. The zero-order valence-corrected chi connectivity index (χ0v) is 14.2. The maximum Gasteiger partial charge on any atom is 0.305 e. The molecule has 128 valence electrons. The standard InChI is InChI=1S/C15H22ClN3O4/c1-10-15(16)11(2)19(17-10)9-13(20)18(6-5-14(21)22)8-12-4-3-7-23-12/h12H,3-9H2,1-2H3,(H,21,22)/t12-/m0/s1. The lowest BCUT2D eigenvalue weighted by atomic mass is 10.2. The van der Waals surface area contributed by atoms with E-state index in [4.69, 9.17) is 21.4 Å². The van der Waals surface area contributed by atoms with Crippen LogP contribution in [0.15, 0.2) is 0 Å². The Morgan fingerprint density at radius 2 is 2.22 bits per heavy atom. The van der Waals surface area contributed by atoms with Gasteiger partial charge in [0.2, 0.25) is 5.91 Å². The van der Waals surface area contributed by atoms with E-state index in [-0.39, 0.29) is 31.5 Å². The molecule has 1 amide bonds. The van der Waals surface area contributed by atoms with Gasteiger partial charge in [0.15, 0.2) is 0 Å². The van der Waals surface area contributed by atoms with Crippen molar-refractivity contribution in [3.63, 3.8) is 0 Å². The molecule has 0 unspecified atom stereocenters. The number of hydrogen-bond donors (Lipinski definition) is 1. The minimum absolute atomic E-state index is 0.0169. The minimum atomic E-state index is -0.927. The Kier molecular flexibility index (Phi) is 6.01. The Morgan fingerprint density at radius 3 is 2.74 bits per heavy atom. The smallest absolute Gasteiger partial charge is 0.305 e. The Morgan fingerprint density at radius 1 is 1.48 bits per heavy atom. The summed E-state index contributed by atoms with van der Waals surface area (Å²) in [5, 5.41) is 13.7. The lowest BCUT2D eigenvalue weighted by Gasteiger charge is -2.25. The van der Waals surface area contributed by atoms with E-state index in [0.717, 1.165) is 18.5 Å². The first-order valence-corrected chi connectivity index (χ1v) is 8.07. The van der Waals surface area contributed by atoms with Crippen molar-refractivity contribution in [2.45, 2.75) is 45.8 Å². The van der Waals surface area contributed by atoms with E-state index in [0.29, 0.717) is 23.9 Å². The number of carbonyl (C=O) groups excluding carboxylic acids is 1. The first-order chi connectivity index (χ1) is 10.9. The van der Waals surface area contributed by atoms with E-state index >= 15 is 0 Å². The third kappa shape index (κ3) is 4.68. The second-order valence-electron chi connectivity index (χ2n) is 5.76. The molecular weight excluding hydrogens is 322 g/mol. The summed E-state index contributed by atoms with van der Waals surface area (Å²) in [6.45, 7) is 4.91. The van der Waals surface area contributed by atoms with Crippen LogP contribution >= 0.6 is 11.6 Å². The van der Waals surface area contributed by atoms with Gasteiger partial charge in [-0.15, -0.1) is 0 Å². The molecule has 0 radical (unpaired) electrons. The predicted octanol–water partition coefficient (Wildman–Crippen LogP) is 1.64. The average Bonchev–Trinajstić information content (AvgIpc) is 3.08. The van der Waals surface area contributed by atoms with Crippen LogP contribution in [0, 0.1) is 13.8 Å². The molecule has 1 aliphatic rings. The number of ether oxygens (including phenoxy) is 1. The van der Waals surface area contributed by atoms with Crippen LogP contribution in [-0.4, -0.2) is 57.5 Å². The highest BCUT2D eigenvalue weighted by molar-refractivity contribution is 6.31. The van der Waals surface area contributed by atoms with Crippen LogP contribution in [0.4, 0.5) is 0 Å². The van der Waals surface area contributed by atoms with Crippen LogP contribution in [0.3, 0.4) is 0 Å². The molecule has 0 aliphatic carbocycles. The maximum absolute atomic E-state index is 12.6. The highest BCUT2D eigenvalue weighted by Gasteiger charge is 2.24. The number of halogens is 1. The van der Waals surface area contributed by atoms with Gasteiger partial charge in [-0.2, -0.15) is 5.10 Å². The molecule has 1 aromatic rings. The van der Waals surface area contributed by atoms with Crippen LogP contribution in [0.1, 0.15) is 30.7 Å². The van der Waals surface area contributed by atoms with E-state index in [1.165, 1.54) is 0 Å². The van der Waals surface area contributed by atoms with Gasteiger partial charge < -0.3 is 14.7 Å². The van der Waals surface area contributed by atoms with Gasteiger partial charge in [0, 0.05) is 19.7 Å². The van der Waals surface area contributed by atoms with Crippen molar-refractivity contribution in [1.29, 1.82) is 0 Å². The Hall–Kier alpha value is -1.60. The molecule has 0 aromatic carbocycles. The number of carbonyl (C=O) groups is 2. The zero-order chi connectivity index (χ0) is 17.0. The fourth-order valence-corrected chi connectivity index (χ4v) is 2.78. The van der Waals surface area contributed by atoms with E-state index in [1.807, 2.05) is 0 Å². The summed E-state index contributed by atoms with van der Waals surface area (Å²) >= 11 is 6.10. The first-order valence-electron chi connectivity index (χ1n) is 7.69. The number of carboxylic acid groups (broad SMARTS) is 1. The number of aromatic nitrogens is 2. The van der Waals surface area contributed by atoms with Crippen molar-refractivity contribution in [2.75, 3.05) is 19.7 Å². The second-order valence-corrected chi connectivity index (χ2v) is 6.14. The van der Waals surface area contributed by atoms with Crippen molar-refractivity contribution >= 4 is 23.5 Å². The lowest BCUT2D eigenvalue weighted by molar-refractivity contribution is -0.139. The Bertz CT molecular complexity index is 582. The van der Waals surface area contributed by atoms with E-state index in [1.54, 1.807) is 23.4 Å². The second kappa shape index (κ2) is 7.79. The van der Waals surface area contributed by atoms with Crippen LogP contribution in [0.25, 0.3) is 0 Å². The number of aliphatic carboxylic acids is 1. The molecule has 7 nitrogen and oxygen atoms in total. The normalized spacial score (nSPS) is 17.4. The number of rotatable bonds is 7. The molecule has 2 heterocycles. The van der Waals surface area contributed by atoms with Gasteiger partial charge in [0.25, 0.3) is 0 Å². The molecule has 1 atom stereocenters. The quantitative estimate of drug-likeness (QED) is 0.813. The van der Waals surface area contributed by atoms with Gasteiger partial charge in [-0.25, -0.2) is 0 Å². The number of aryl methyl sites for hydroxylation is 1. The minimum Gasteiger partial charge on any atom is -0.481 e. The molecule has 0 spiro atoms. The van der Waals surface area contributed by atoms with Crippen molar-refractivity contribution < 1.29 is 19.4 Å². The number of hydrogen-bond acceptors (Lipinski definition) is 4. The Labute approximate surface area is 140 Å². The number of amides is 1. The van der Waals surface area contributed by atoms with Crippen molar-refractivity contribution in [1.82, 2.24) is 14.7 Å². The highest BCUT2D eigenvalue weighted by atomic mass is 35.5. The van der Waals surface area contributed by atoms with Crippen LogP contribution in [-0.2, 0) is 20.9 Å².